The van der Waals surface area contributed by atoms with Gasteiger partial charge in [-0.1, -0.05) is 0 Å². The molecular weight excluding hydrogens is 401 g/mol. The number of nitrogens with zero attached hydrogens (tertiary/aromatic N) is 6. The van der Waals surface area contributed by atoms with Crippen LogP contribution in [0.2, 0.25) is 0 Å². The van der Waals surface area contributed by atoms with Gasteiger partial charge in [0, 0.05) is 36.5 Å². The number of hydrogen-bond acceptors (Lipinski definition) is 8. The lowest BCUT2D eigenvalue weighted by Crippen LogP contribution is -2.34. The third-order valence-electron chi connectivity index (χ3n) is 5.67. The fourth-order valence-corrected chi connectivity index (χ4v) is 4.08. The van der Waals surface area contributed by atoms with E-state index in [0.717, 1.165) is 31.6 Å². The summed E-state index contributed by atoms with van der Waals surface area (Å²) in [7, 11) is 3.01. The van der Waals surface area contributed by atoms with Crippen LogP contribution >= 0.6 is 0 Å². The first-order chi connectivity index (χ1) is 15.1. The number of anilines is 2. The number of pyridine rings is 1. The fraction of sp³-hybridized carbons (Fsp3) is 0.333. The van der Waals surface area contributed by atoms with Crippen molar-refractivity contribution in [3.8, 4) is 11.6 Å². The molecule has 0 spiro atoms. The second-order valence-corrected chi connectivity index (χ2v) is 7.52. The maximum absolute atomic E-state index is 14.3. The lowest BCUT2D eigenvalue weighted by molar-refractivity contribution is 0.387. The number of nitrogen functional groups attached to an aromatic ring is 1. The van der Waals surface area contributed by atoms with Gasteiger partial charge in [0.25, 0.3) is 0 Å². The largest absolute Gasteiger partial charge is 0.494 e. The zero-order valence-electron chi connectivity index (χ0n) is 17.2. The van der Waals surface area contributed by atoms with Gasteiger partial charge in [-0.3, -0.25) is 0 Å². The number of ether oxygens (including phenoxy) is 2. The van der Waals surface area contributed by atoms with Gasteiger partial charge in [0.05, 0.1) is 31.6 Å². The van der Waals surface area contributed by atoms with Gasteiger partial charge in [-0.15, -0.1) is 5.10 Å². The Morgan fingerprint density at radius 3 is 2.77 bits per heavy atom. The van der Waals surface area contributed by atoms with Crippen molar-refractivity contribution in [2.24, 2.45) is 0 Å². The van der Waals surface area contributed by atoms with Crippen LogP contribution in [-0.2, 0) is 0 Å². The maximum atomic E-state index is 14.3. The monoisotopic (exact) mass is 423 g/mol. The van der Waals surface area contributed by atoms with Gasteiger partial charge in [-0.25, -0.2) is 19.3 Å². The van der Waals surface area contributed by atoms with Crippen molar-refractivity contribution in [2.75, 3.05) is 37.9 Å². The molecule has 1 fully saturated rings. The van der Waals surface area contributed by atoms with Crippen molar-refractivity contribution in [1.82, 2.24) is 24.6 Å². The molecule has 4 heterocycles. The van der Waals surface area contributed by atoms with E-state index < -0.39 is 5.82 Å². The molecule has 9 nitrogen and oxygen atoms in total. The minimum atomic E-state index is -0.483. The molecule has 10 heteroatoms. The van der Waals surface area contributed by atoms with E-state index in [1.165, 1.54) is 23.8 Å². The van der Waals surface area contributed by atoms with Crippen LogP contribution in [0.4, 0.5) is 16.0 Å². The number of aromatic nitrogens is 5. The third-order valence-corrected chi connectivity index (χ3v) is 5.67. The van der Waals surface area contributed by atoms with Crippen molar-refractivity contribution in [2.45, 2.75) is 18.8 Å². The van der Waals surface area contributed by atoms with Gasteiger partial charge >= 0.3 is 0 Å². The Morgan fingerprint density at radius 1 is 1.16 bits per heavy atom. The average molecular weight is 423 g/mol. The van der Waals surface area contributed by atoms with Gasteiger partial charge in [0.2, 0.25) is 11.8 Å². The molecular formula is C21H22FN7O2. The standard InChI is InChI=1S/C21H22FN7O2/c1-30-17-9-16-14(8-15(17)22)20-26-19(27-29(20)21(23)25-16)12-4-3-7-28(11-12)13-5-6-18(31-2)24-10-13/h5-6,8-10,12H,3-4,7,11H2,1-2H3,(H2,23,25). The highest BCUT2D eigenvalue weighted by atomic mass is 19.1. The summed E-state index contributed by atoms with van der Waals surface area (Å²) in [5.41, 5.74) is 8.15. The summed E-state index contributed by atoms with van der Waals surface area (Å²) < 4.78 is 26.0. The summed E-state index contributed by atoms with van der Waals surface area (Å²) in [4.78, 5) is 15.7. The third kappa shape index (κ3) is 3.33. The molecule has 1 unspecified atom stereocenters. The van der Waals surface area contributed by atoms with Gasteiger partial charge in [0.1, 0.15) is 0 Å². The molecule has 0 saturated carbocycles. The van der Waals surface area contributed by atoms with Crippen LogP contribution in [0.15, 0.2) is 30.5 Å². The Bertz CT molecular complexity index is 1260. The molecule has 31 heavy (non-hydrogen) atoms. The lowest BCUT2D eigenvalue weighted by Gasteiger charge is -2.33. The number of nitrogens with two attached hydrogens (primary N) is 1. The highest BCUT2D eigenvalue weighted by molar-refractivity contribution is 5.93. The summed E-state index contributed by atoms with van der Waals surface area (Å²) in [5.74, 6) is 1.18. The minimum Gasteiger partial charge on any atom is -0.494 e. The van der Waals surface area contributed by atoms with E-state index in [2.05, 4.69) is 20.0 Å². The van der Waals surface area contributed by atoms with E-state index >= 15 is 0 Å². The Morgan fingerprint density at radius 2 is 2.03 bits per heavy atom. The second kappa shape index (κ2) is 7.53. The molecule has 1 atom stereocenters. The summed E-state index contributed by atoms with van der Waals surface area (Å²) in [6.07, 6.45) is 3.75. The number of fused-ring (bicyclic) bond motifs is 3. The molecule has 0 bridgehead atoms. The van der Waals surface area contributed by atoms with E-state index in [1.807, 2.05) is 18.3 Å². The topological polar surface area (TPSA) is 104 Å². The smallest absolute Gasteiger partial charge is 0.223 e. The number of rotatable bonds is 4. The molecule has 1 aliphatic heterocycles. The minimum absolute atomic E-state index is 0.105. The molecule has 0 amide bonds. The Labute approximate surface area is 177 Å². The number of methoxy groups -OCH3 is 2. The Hall–Kier alpha value is -3.69. The van der Waals surface area contributed by atoms with Crippen LogP contribution in [0.25, 0.3) is 16.6 Å². The first kappa shape index (κ1) is 19.3. The van der Waals surface area contributed by atoms with Crippen LogP contribution in [0.5, 0.6) is 11.6 Å². The molecule has 160 valence electrons. The van der Waals surface area contributed by atoms with Gasteiger partial charge in [0.15, 0.2) is 23.0 Å². The van der Waals surface area contributed by atoms with E-state index in [9.17, 15) is 4.39 Å². The van der Waals surface area contributed by atoms with Crippen molar-refractivity contribution >= 4 is 28.2 Å². The van der Waals surface area contributed by atoms with E-state index in [0.29, 0.717) is 28.3 Å². The highest BCUT2D eigenvalue weighted by Crippen LogP contribution is 2.31. The first-order valence-electron chi connectivity index (χ1n) is 10.0. The maximum Gasteiger partial charge on any atom is 0.223 e. The molecule has 0 aliphatic carbocycles. The Kier molecular flexibility index (Phi) is 4.68. The van der Waals surface area contributed by atoms with Crippen molar-refractivity contribution < 1.29 is 13.9 Å². The number of hydrogen-bond donors (Lipinski definition) is 1. The lowest BCUT2D eigenvalue weighted by atomic mass is 9.97. The molecule has 5 rings (SSSR count). The molecule has 1 aliphatic rings. The molecule has 3 aromatic heterocycles. The van der Waals surface area contributed by atoms with Crippen molar-refractivity contribution in [1.29, 1.82) is 0 Å². The van der Waals surface area contributed by atoms with Gasteiger partial charge < -0.3 is 20.1 Å². The molecule has 1 aromatic carbocycles. The predicted molar refractivity (Wildman–Crippen MR) is 114 cm³/mol. The predicted octanol–water partition coefficient (Wildman–Crippen LogP) is 2.79. The zero-order chi connectivity index (χ0) is 21.5. The summed E-state index contributed by atoms with van der Waals surface area (Å²) >= 11 is 0. The van der Waals surface area contributed by atoms with Crippen LogP contribution in [0.1, 0.15) is 24.6 Å². The van der Waals surface area contributed by atoms with Crippen molar-refractivity contribution in [3.63, 3.8) is 0 Å². The summed E-state index contributed by atoms with van der Waals surface area (Å²) in [5, 5.41) is 5.16. The SMILES string of the molecule is COc1ccc(N2CCCC(c3nc4c5cc(F)c(OC)cc5nc(N)n4n3)C2)cn1. The molecule has 0 radical (unpaired) electrons. The summed E-state index contributed by atoms with van der Waals surface area (Å²) in [6.45, 7) is 1.67. The first-order valence-corrected chi connectivity index (χ1v) is 10.0. The molecule has 2 N–H and O–H groups in total. The average Bonchev–Trinajstić information content (AvgIpc) is 3.26. The Balaban J connectivity index is 1.51. The molecule has 4 aromatic rings. The summed E-state index contributed by atoms with van der Waals surface area (Å²) in [6, 6.07) is 6.74. The van der Waals surface area contributed by atoms with Crippen LogP contribution in [0.3, 0.4) is 0 Å². The van der Waals surface area contributed by atoms with Crippen molar-refractivity contribution in [3.05, 3.63) is 42.1 Å². The van der Waals surface area contributed by atoms with E-state index in [4.69, 9.17) is 20.2 Å². The normalized spacial score (nSPS) is 16.7. The van der Waals surface area contributed by atoms with Crippen LogP contribution in [0, 0.1) is 5.82 Å². The van der Waals surface area contributed by atoms with Crippen LogP contribution < -0.4 is 20.1 Å². The highest BCUT2D eigenvalue weighted by Gasteiger charge is 2.26. The van der Waals surface area contributed by atoms with Gasteiger partial charge in [-0.2, -0.15) is 4.52 Å². The van der Waals surface area contributed by atoms with E-state index in [-0.39, 0.29) is 17.6 Å². The quantitative estimate of drug-likeness (QED) is 0.534. The van der Waals surface area contributed by atoms with E-state index in [1.54, 1.807) is 7.11 Å². The number of benzene rings is 1. The van der Waals surface area contributed by atoms with Crippen LogP contribution in [-0.4, -0.2) is 51.9 Å². The fourth-order valence-electron chi connectivity index (χ4n) is 4.08. The number of halogens is 1. The molecule has 1 saturated heterocycles. The number of piperidine rings is 1. The van der Waals surface area contributed by atoms with Gasteiger partial charge in [-0.05, 0) is 25.0 Å². The second-order valence-electron chi connectivity index (χ2n) is 7.52. The zero-order valence-corrected chi connectivity index (χ0v) is 17.2.